The monoisotopic (exact) mass is 272 g/mol. The van der Waals surface area contributed by atoms with Crippen LogP contribution in [0.5, 0.6) is 0 Å². The SMILES string of the molecule is CN1CCCC(OC(=O)Cc2c[nH]c3ccccc23)C1. The quantitative estimate of drug-likeness (QED) is 0.872. The molecule has 0 aliphatic carbocycles. The fraction of sp³-hybridized carbons (Fsp3) is 0.438. The van der Waals surface area contributed by atoms with Crippen LogP contribution in [-0.2, 0) is 16.0 Å². The minimum atomic E-state index is -0.130. The fourth-order valence-corrected chi connectivity index (χ4v) is 2.88. The number of carbonyl (C=O) groups is 1. The third kappa shape index (κ3) is 2.85. The van der Waals surface area contributed by atoms with Crippen molar-refractivity contribution in [3.8, 4) is 0 Å². The van der Waals surface area contributed by atoms with E-state index in [9.17, 15) is 4.79 Å². The van der Waals surface area contributed by atoms with Gasteiger partial charge in [-0.2, -0.15) is 0 Å². The standard InChI is InChI=1S/C16H20N2O2/c1-18-8-4-5-13(11-18)20-16(19)9-12-10-17-15-7-3-2-6-14(12)15/h2-3,6-7,10,13,17H,4-5,8-9,11H2,1H3. The minimum Gasteiger partial charge on any atom is -0.461 e. The van der Waals surface area contributed by atoms with Crippen molar-refractivity contribution < 1.29 is 9.53 Å². The maximum atomic E-state index is 12.1. The van der Waals surface area contributed by atoms with E-state index >= 15 is 0 Å². The number of likely N-dealkylation sites (N-methyl/N-ethyl adjacent to an activating group) is 1. The van der Waals surface area contributed by atoms with Crippen molar-refractivity contribution in [3.63, 3.8) is 0 Å². The lowest BCUT2D eigenvalue weighted by molar-refractivity contribution is -0.150. The molecule has 0 spiro atoms. The van der Waals surface area contributed by atoms with Crippen molar-refractivity contribution in [3.05, 3.63) is 36.0 Å². The smallest absolute Gasteiger partial charge is 0.310 e. The normalized spacial score (nSPS) is 20.1. The van der Waals surface area contributed by atoms with Gasteiger partial charge < -0.3 is 14.6 Å². The number of H-pyrrole nitrogens is 1. The number of ether oxygens (including phenoxy) is 1. The van der Waals surface area contributed by atoms with Crippen LogP contribution in [0.3, 0.4) is 0 Å². The molecule has 1 N–H and O–H groups in total. The molecular weight excluding hydrogens is 252 g/mol. The van der Waals surface area contributed by atoms with Crippen molar-refractivity contribution in [2.45, 2.75) is 25.4 Å². The lowest BCUT2D eigenvalue weighted by atomic mass is 10.1. The van der Waals surface area contributed by atoms with Crippen LogP contribution in [0.15, 0.2) is 30.5 Å². The Labute approximate surface area is 118 Å². The van der Waals surface area contributed by atoms with Gasteiger partial charge in [-0.25, -0.2) is 0 Å². The zero-order chi connectivity index (χ0) is 13.9. The first-order chi connectivity index (χ1) is 9.72. The molecule has 2 heterocycles. The molecular formula is C16H20N2O2. The van der Waals surface area contributed by atoms with Gasteiger partial charge in [0.15, 0.2) is 0 Å². The summed E-state index contributed by atoms with van der Waals surface area (Å²) in [5.74, 6) is -0.130. The van der Waals surface area contributed by atoms with Gasteiger partial charge in [0.1, 0.15) is 6.10 Å². The average Bonchev–Trinajstić information content (AvgIpc) is 2.82. The number of rotatable bonds is 3. The van der Waals surface area contributed by atoms with E-state index in [4.69, 9.17) is 4.74 Å². The molecule has 4 heteroatoms. The van der Waals surface area contributed by atoms with Gasteiger partial charge in [-0.15, -0.1) is 0 Å². The number of aromatic nitrogens is 1. The highest BCUT2D eigenvalue weighted by Gasteiger charge is 2.21. The number of likely N-dealkylation sites (tertiary alicyclic amines) is 1. The summed E-state index contributed by atoms with van der Waals surface area (Å²) in [6.07, 6.45) is 4.36. The largest absolute Gasteiger partial charge is 0.461 e. The number of nitrogens with one attached hydrogen (secondary N) is 1. The van der Waals surface area contributed by atoms with Crippen molar-refractivity contribution in [2.75, 3.05) is 20.1 Å². The molecule has 0 saturated carbocycles. The number of para-hydroxylation sites is 1. The Kier molecular flexibility index (Phi) is 3.74. The van der Waals surface area contributed by atoms with Crippen molar-refractivity contribution in [2.24, 2.45) is 0 Å². The summed E-state index contributed by atoms with van der Waals surface area (Å²) < 4.78 is 5.59. The van der Waals surface area contributed by atoms with Crippen LogP contribution >= 0.6 is 0 Å². The Morgan fingerprint density at radius 3 is 3.15 bits per heavy atom. The van der Waals surface area contributed by atoms with E-state index in [0.29, 0.717) is 6.42 Å². The van der Waals surface area contributed by atoms with Crippen LogP contribution in [0.4, 0.5) is 0 Å². The lowest BCUT2D eigenvalue weighted by Crippen LogP contribution is -2.38. The second kappa shape index (κ2) is 5.67. The molecule has 1 aromatic carbocycles. The van der Waals surface area contributed by atoms with Crippen LogP contribution < -0.4 is 0 Å². The molecule has 0 bridgehead atoms. The third-order valence-electron chi connectivity index (χ3n) is 3.89. The van der Waals surface area contributed by atoms with E-state index in [1.165, 1.54) is 0 Å². The molecule has 1 saturated heterocycles. The molecule has 0 amide bonds. The number of carbonyl (C=O) groups excluding carboxylic acids is 1. The second-order valence-electron chi connectivity index (χ2n) is 5.55. The van der Waals surface area contributed by atoms with Crippen LogP contribution in [0.2, 0.25) is 0 Å². The van der Waals surface area contributed by atoms with Crippen LogP contribution in [-0.4, -0.2) is 42.1 Å². The van der Waals surface area contributed by atoms with Gasteiger partial charge in [-0.3, -0.25) is 4.79 Å². The van der Waals surface area contributed by atoms with E-state index in [1.54, 1.807) is 0 Å². The summed E-state index contributed by atoms with van der Waals surface area (Å²) in [6.45, 7) is 1.94. The van der Waals surface area contributed by atoms with E-state index in [2.05, 4.69) is 16.9 Å². The molecule has 1 aromatic heterocycles. The number of piperidine rings is 1. The topological polar surface area (TPSA) is 45.3 Å². The number of fused-ring (bicyclic) bond motifs is 1. The van der Waals surface area contributed by atoms with E-state index in [1.807, 2.05) is 30.5 Å². The Bertz CT molecular complexity index is 605. The molecule has 3 rings (SSSR count). The number of hydrogen-bond donors (Lipinski definition) is 1. The molecule has 20 heavy (non-hydrogen) atoms. The summed E-state index contributed by atoms with van der Waals surface area (Å²) in [6, 6.07) is 8.02. The van der Waals surface area contributed by atoms with Gasteiger partial charge in [0.2, 0.25) is 0 Å². The highest BCUT2D eigenvalue weighted by atomic mass is 16.5. The predicted molar refractivity (Wildman–Crippen MR) is 78.6 cm³/mol. The number of aromatic amines is 1. The molecule has 1 aliphatic heterocycles. The summed E-state index contributed by atoms with van der Waals surface area (Å²) in [5.41, 5.74) is 2.07. The number of benzene rings is 1. The fourth-order valence-electron chi connectivity index (χ4n) is 2.88. The average molecular weight is 272 g/mol. The van der Waals surface area contributed by atoms with Crippen molar-refractivity contribution in [1.29, 1.82) is 0 Å². The zero-order valence-electron chi connectivity index (χ0n) is 11.8. The van der Waals surface area contributed by atoms with E-state index < -0.39 is 0 Å². The van der Waals surface area contributed by atoms with Crippen LogP contribution in [0, 0.1) is 0 Å². The van der Waals surface area contributed by atoms with Crippen molar-refractivity contribution >= 4 is 16.9 Å². The van der Waals surface area contributed by atoms with E-state index in [-0.39, 0.29) is 12.1 Å². The van der Waals surface area contributed by atoms with Crippen LogP contribution in [0.25, 0.3) is 10.9 Å². The number of hydrogen-bond acceptors (Lipinski definition) is 3. The molecule has 1 unspecified atom stereocenters. The summed E-state index contributed by atoms with van der Waals surface area (Å²) in [4.78, 5) is 17.5. The maximum Gasteiger partial charge on any atom is 0.310 e. The molecule has 2 aromatic rings. The highest BCUT2D eigenvalue weighted by Crippen LogP contribution is 2.19. The Hall–Kier alpha value is -1.81. The number of nitrogens with zero attached hydrogens (tertiary/aromatic N) is 1. The highest BCUT2D eigenvalue weighted by molar-refractivity contribution is 5.87. The molecule has 1 fully saturated rings. The Morgan fingerprint density at radius 1 is 1.45 bits per heavy atom. The van der Waals surface area contributed by atoms with Gasteiger partial charge in [-0.1, -0.05) is 18.2 Å². The molecule has 0 radical (unpaired) electrons. The second-order valence-corrected chi connectivity index (χ2v) is 5.55. The van der Waals surface area contributed by atoms with Gasteiger partial charge in [0.05, 0.1) is 6.42 Å². The minimum absolute atomic E-state index is 0.0476. The third-order valence-corrected chi connectivity index (χ3v) is 3.89. The lowest BCUT2D eigenvalue weighted by Gasteiger charge is -2.29. The summed E-state index contributed by atoms with van der Waals surface area (Å²) in [5, 5.41) is 1.10. The first-order valence-electron chi connectivity index (χ1n) is 7.15. The van der Waals surface area contributed by atoms with Crippen molar-refractivity contribution in [1.82, 2.24) is 9.88 Å². The molecule has 106 valence electrons. The molecule has 4 nitrogen and oxygen atoms in total. The Balaban J connectivity index is 1.64. The van der Waals surface area contributed by atoms with Gasteiger partial charge in [0, 0.05) is 23.6 Å². The van der Waals surface area contributed by atoms with Crippen LogP contribution in [0.1, 0.15) is 18.4 Å². The predicted octanol–water partition coefficient (Wildman–Crippen LogP) is 2.35. The van der Waals surface area contributed by atoms with Gasteiger partial charge in [0.25, 0.3) is 0 Å². The summed E-state index contributed by atoms with van der Waals surface area (Å²) in [7, 11) is 2.07. The maximum absolute atomic E-state index is 12.1. The Morgan fingerprint density at radius 2 is 2.30 bits per heavy atom. The first kappa shape index (κ1) is 13.2. The molecule has 1 atom stereocenters. The first-order valence-corrected chi connectivity index (χ1v) is 7.15. The van der Waals surface area contributed by atoms with Gasteiger partial charge >= 0.3 is 5.97 Å². The van der Waals surface area contributed by atoms with Gasteiger partial charge in [-0.05, 0) is 38.1 Å². The number of esters is 1. The summed E-state index contributed by atoms with van der Waals surface area (Å²) >= 11 is 0. The zero-order valence-corrected chi connectivity index (χ0v) is 11.8. The van der Waals surface area contributed by atoms with E-state index in [0.717, 1.165) is 42.4 Å². The molecule has 1 aliphatic rings.